The Bertz CT molecular complexity index is 241. The van der Waals surface area contributed by atoms with Crippen LogP contribution in [0, 0.1) is 10.8 Å². The molecule has 2 N–H and O–H groups in total. The minimum Gasteiger partial charge on any atom is -0.359 e. The van der Waals surface area contributed by atoms with Crippen molar-refractivity contribution in [3.63, 3.8) is 0 Å². The Labute approximate surface area is 84.4 Å². The fourth-order valence-corrected chi connectivity index (χ4v) is 2.60. The van der Waals surface area contributed by atoms with Crippen LogP contribution in [0.2, 0.25) is 0 Å². The Morgan fingerprint density at radius 2 is 1.21 bits per heavy atom. The molecule has 14 heavy (non-hydrogen) atoms. The van der Waals surface area contributed by atoms with Gasteiger partial charge in [0, 0.05) is 24.9 Å². The minimum atomic E-state index is -0.365. The van der Waals surface area contributed by atoms with Crippen LogP contribution in [0.5, 0.6) is 0 Å². The van der Waals surface area contributed by atoms with E-state index in [1.807, 2.05) is 13.8 Å². The standard InChI is InChI=1S/C10H18N2O2/c1-9(7(13)11-3)5-10(2,6-9)8(14)12-4/h5-6H2,1-4H3,(H,11,13)(H,12,14). The van der Waals surface area contributed by atoms with Crippen LogP contribution in [0.4, 0.5) is 0 Å². The van der Waals surface area contributed by atoms with E-state index < -0.39 is 0 Å². The summed E-state index contributed by atoms with van der Waals surface area (Å²) in [6.07, 6.45) is 1.25. The van der Waals surface area contributed by atoms with E-state index >= 15 is 0 Å². The van der Waals surface area contributed by atoms with Gasteiger partial charge < -0.3 is 10.6 Å². The lowest BCUT2D eigenvalue weighted by Gasteiger charge is -2.50. The van der Waals surface area contributed by atoms with Crippen LogP contribution in [-0.4, -0.2) is 25.9 Å². The molecule has 0 unspecified atom stereocenters. The molecule has 1 aliphatic carbocycles. The normalized spacial score (nSPS) is 35.7. The van der Waals surface area contributed by atoms with Gasteiger partial charge in [0.1, 0.15) is 0 Å². The molecule has 0 aromatic carbocycles. The summed E-state index contributed by atoms with van der Waals surface area (Å²) >= 11 is 0. The van der Waals surface area contributed by atoms with E-state index in [1.165, 1.54) is 0 Å². The molecule has 0 radical (unpaired) electrons. The molecule has 0 spiro atoms. The van der Waals surface area contributed by atoms with E-state index in [1.54, 1.807) is 14.1 Å². The SMILES string of the molecule is CNC(=O)C1(C)CC(C)(C(=O)NC)C1. The summed E-state index contributed by atoms with van der Waals surface area (Å²) in [5.74, 6) is 0.0535. The molecule has 1 fully saturated rings. The molecule has 4 nitrogen and oxygen atoms in total. The van der Waals surface area contributed by atoms with E-state index in [9.17, 15) is 9.59 Å². The van der Waals surface area contributed by atoms with Gasteiger partial charge in [-0.15, -0.1) is 0 Å². The molecule has 0 heterocycles. The van der Waals surface area contributed by atoms with E-state index in [4.69, 9.17) is 0 Å². The molecule has 2 amide bonds. The van der Waals surface area contributed by atoms with Crippen molar-refractivity contribution in [1.29, 1.82) is 0 Å². The zero-order chi connectivity index (χ0) is 11.0. The van der Waals surface area contributed by atoms with Crippen LogP contribution in [0.25, 0.3) is 0 Å². The highest BCUT2D eigenvalue weighted by atomic mass is 16.2. The highest BCUT2D eigenvalue weighted by Gasteiger charge is 2.56. The van der Waals surface area contributed by atoms with Crippen LogP contribution < -0.4 is 10.6 Å². The lowest BCUT2D eigenvalue weighted by molar-refractivity contribution is -0.153. The lowest BCUT2D eigenvalue weighted by atomic mass is 9.53. The zero-order valence-corrected chi connectivity index (χ0v) is 9.23. The van der Waals surface area contributed by atoms with Crippen LogP contribution in [0.1, 0.15) is 26.7 Å². The topological polar surface area (TPSA) is 58.2 Å². The van der Waals surface area contributed by atoms with Crippen molar-refractivity contribution in [2.75, 3.05) is 14.1 Å². The average Bonchev–Trinajstić information content (AvgIpc) is 2.12. The highest BCUT2D eigenvalue weighted by molar-refractivity contribution is 5.90. The molecule has 80 valence electrons. The first-order valence-corrected chi connectivity index (χ1v) is 4.82. The molecule has 1 rings (SSSR count). The molecule has 0 aromatic rings. The third kappa shape index (κ3) is 1.49. The summed E-state index contributed by atoms with van der Waals surface area (Å²) in [6.45, 7) is 3.80. The molecule has 4 heteroatoms. The van der Waals surface area contributed by atoms with Gasteiger partial charge in [-0.2, -0.15) is 0 Å². The molecular formula is C10H18N2O2. The smallest absolute Gasteiger partial charge is 0.225 e. The van der Waals surface area contributed by atoms with E-state index in [0.717, 1.165) is 0 Å². The quantitative estimate of drug-likeness (QED) is 0.670. The maximum absolute atomic E-state index is 11.5. The number of amides is 2. The Morgan fingerprint density at radius 1 is 0.929 bits per heavy atom. The van der Waals surface area contributed by atoms with Gasteiger partial charge in [0.15, 0.2) is 0 Å². The molecule has 0 bridgehead atoms. The van der Waals surface area contributed by atoms with Gasteiger partial charge in [0.05, 0.1) is 0 Å². The van der Waals surface area contributed by atoms with E-state index in [2.05, 4.69) is 10.6 Å². The molecule has 0 aliphatic heterocycles. The molecule has 1 aliphatic rings. The lowest BCUT2D eigenvalue weighted by Crippen LogP contribution is -2.57. The summed E-state index contributed by atoms with van der Waals surface area (Å²) in [4.78, 5) is 22.9. The monoisotopic (exact) mass is 198 g/mol. The van der Waals surface area contributed by atoms with Crippen molar-refractivity contribution in [3.8, 4) is 0 Å². The maximum Gasteiger partial charge on any atom is 0.225 e. The van der Waals surface area contributed by atoms with Crippen LogP contribution in [0.3, 0.4) is 0 Å². The van der Waals surface area contributed by atoms with Gasteiger partial charge in [-0.3, -0.25) is 9.59 Å². The van der Waals surface area contributed by atoms with Gasteiger partial charge in [-0.05, 0) is 12.8 Å². The Morgan fingerprint density at radius 3 is 1.43 bits per heavy atom. The summed E-state index contributed by atoms with van der Waals surface area (Å²) < 4.78 is 0. The number of hydrogen-bond acceptors (Lipinski definition) is 2. The van der Waals surface area contributed by atoms with Gasteiger partial charge in [0.25, 0.3) is 0 Å². The van der Waals surface area contributed by atoms with Crippen molar-refractivity contribution in [2.45, 2.75) is 26.7 Å². The predicted octanol–water partition coefficient (Wildman–Crippen LogP) is 0.285. The van der Waals surface area contributed by atoms with E-state index in [-0.39, 0.29) is 22.6 Å². The van der Waals surface area contributed by atoms with Crippen LogP contribution >= 0.6 is 0 Å². The third-order valence-corrected chi connectivity index (χ3v) is 3.11. The molecule has 0 aromatic heterocycles. The second kappa shape index (κ2) is 3.26. The highest BCUT2D eigenvalue weighted by Crippen LogP contribution is 2.54. The number of carbonyl (C=O) groups is 2. The number of rotatable bonds is 2. The van der Waals surface area contributed by atoms with Gasteiger partial charge in [-0.25, -0.2) is 0 Å². The van der Waals surface area contributed by atoms with Crippen LogP contribution in [0.15, 0.2) is 0 Å². The van der Waals surface area contributed by atoms with Crippen LogP contribution in [-0.2, 0) is 9.59 Å². The second-order valence-electron chi connectivity index (χ2n) is 4.63. The van der Waals surface area contributed by atoms with Crippen molar-refractivity contribution in [1.82, 2.24) is 10.6 Å². The van der Waals surface area contributed by atoms with Gasteiger partial charge >= 0.3 is 0 Å². The molecular weight excluding hydrogens is 180 g/mol. The molecule has 0 saturated heterocycles. The minimum absolute atomic E-state index is 0.0267. The number of nitrogens with one attached hydrogen (secondary N) is 2. The largest absolute Gasteiger partial charge is 0.359 e. The second-order valence-corrected chi connectivity index (χ2v) is 4.63. The van der Waals surface area contributed by atoms with Crippen molar-refractivity contribution in [2.24, 2.45) is 10.8 Å². The summed E-state index contributed by atoms with van der Waals surface area (Å²) in [6, 6.07) is 0. The summed E-state index contributed by atoms with van der Waals surface area (Å²) in [5.41, 5.74) is -0.730. The average molecular weight is 198 g/mol. The third-order valence-electron chi connectivity index (χ3n) is 3.11. The maximum atomic E-state index is 11.5. The summed E-state index contributed by atoms with van der Waals surface area (Å²) in [5, 5.41) is 5.26. The fraction of sp³-hybridized carbons (Fsp3) is 0.800. The number of carbonyl (C=O) groups excluding carboxylic acids is 2. The Kier molecular flexibility index (Phi) is 2.56. The van der Waals surface area contributed by atoms with E-state index in [0.29, 0.717) is 12.8 Å². The summed E-state index contributed by atoms with van der Waals surface area (Å²) in [7, 11) is 3.26. The molecule has 1 saturated carbocycles. The first-order chi connectivity index (χ1) is 6.38. The predicted molar refractivity (Wildman–Crippen MR) is 53.6 cm³/mol. The Balaban J connectivity index is 2.65. The number of hydrogen-bond donors (Lipinski definition) is 2. The molecule has 0 atom stereocenters. The first kappa shape index (κ1) is 11.0. The van der Waals surface area contributed by atoms with Gasteiger partial charge in [0.2, 0.25) is 11.8 Å². The van der Waals surface area contributed by atoms with Crippen molar-refractivity contribution >= 4 is 11.8 Å². The van der Waals surface area contributed by atoms with Crippen molar-refractivity contribution in [3.05, 3.63) is 0 Å². The fourth-order valence-electron chi connectivity index (χ4n) is 2.60. The van der Waals surface area contributed by atoms with Gasteiger partial charge in [-0.1, -0.05) is 13.8 Å². The Hall–Kier alpha value is -1.06. The first-order valence-electron chi connectivity index (χ1n) is 4.82. The van der Waals surface area contributed by atoms with Crippen molar-refractivity contribution < 1.29 is 9.59 Å². The zero-order valence-electron chi connectivity index (χ0n) is 9.23.